The van der Waals surface area contributed by atoms with Gasteiger partial charge in [0.15, 0.2) is 0 Å². The predicted octanol–water partition coefficient (Wildman–Crippen LogP) is 2.35. The summed E-state index contributed by atoms with van der Waals surface area (Å²) >= 11 is 0. The summed E-state index contributed by atoms with van der Waals surface area (Å²) in [5, 5.41) is 5.62. The molecule has 0 radical (unpaired) electrons. The number of hydrogen-bond donors (Lipinski definition) is 2. The number of benzene rings is 1. The van der Waals surface area contributed by atoms with E-state index in [2.05, 4.69) is 27.1 Å². The number of hydrogen-bond acceptors (Lipinski definition) is 4. The van der Waals surface area contributed by atoms with Gasteiger partial charge in [-0.1, -0.05) is 6.08 Å². The minimum absolute atomic E-state index is 0.118. The van der Waals surface area contributed by atoms with Crippen LogP contribution < -0.4 is 10.6 Å². The van der Waals surface area contributed by atoms with Crippen molar-refractivity contribution >= 4 is 17.6 Å². The number of carbonyl (C=O) groups is 2. The molecule has 2 heterocycles. The summed E-state index contributed by atoms with van der Waals surface area (Å²) in [6.45, 7) is 7.88. The molecule has 3 amide bonds. The topological polar surface area (TPSA) is 77.6 Å². The molecule has 1 aliphatic rings. The van der Waals surface area contributed by atoms with E-state index in [0.717, 1.165) is 19.6 Å². The Bertz CT molecular complexity index is 799. The van der Waals surface area contributed by atoms with E-state index in [9.17, 15) is 9.59 Å². The van der Waals surface area contributed by atoms with Crippen LogP contribution in [0.25, 0.3) is 0 Å². The van der Waals surface area contributed by atoms with Crippen LogP contribution in [0.4, 0.5) is 10.5 Å². The van der Waals surface area contributed by atoms with Gasteiger partial charge in [0.2, 0.25) is 0 Å². The minimum Gasteiger partial charge on any atom is -0.349 e. The maximum atomic E-state index is 12.5. The molecule has 1 fully saturated rings. The van der Waals surface area contributed by atoms with E-state index in [-0.39, 0.29) is 11.9 Å². The normalized spacial score (nSPS) is 14.4. The van der Waals surface area contributed by atoms with Crippen LogP contribution in [0.5, 0.6) is 0 Å². The lowest BCUT2D eigenvalue weighted by Gasteiger charge is -2.34. The number of anilines is 1. The van der Waals surface area contributed by atoms with Crippen LogP contribution in [0, 0.1) is 0 Å². The summed E-state index contributed by atoms with van der Waals surface area (Å²) in [7, 11) is 0. The Balaban J connectivity index is 1.46. The maximum absolute atomic E-state index is 12.5. The fraction of sp³-hybridized carbons (Fsp3) is 0.286. The van der Waals surface area contributed by atoms with Gasteiger partial charge in [0.05, 0.1) is 0 Å². The second-order valence-corrected chi connectivity index (χ2v) is 6.62. The quantitative estimate of drug-likeness (QED) is 0.756. The van der Waals surface area contributed by atoms with Crippen LogP contribution in [0.2, 0.25) is 0 Å². The lowest BCUT2D eigenvalue weighted by Crippen LogP contribution is -2.49. The number of nitrogens with one attached hydrogen (secondary N) is 2. The maximum Gasteiger partial charge on any atom is 0.321 e. The minimum atomic E-state index is -0.164. The zero-order chi connectivity index (χ0) is 19.8. The van der Waals surface area contributed by atoms with Crippen molar-refractivity contribution in [3.8, 4) is 0 Å². The molecular weight excluding hydrogens is 354 g/mol. The largest absolute Gasteiger partial charge is 0.349 e. The second-order valence-electron chi connectivity index (χ2n) is 6.62. The number of nitrogens with zero attached hydrogens (tertiary/aromatic N) is 3. The first-order chi connectivity index (χ1) is 13.7. The Morgan fingerprint density at radius 3 is 2.36 bits per heavy atom. The van der Waals surface area contributed by atoms with Crippen molar-refractivity contribution in [2.24, 2.45) is 0 Å². The molecule has 1 saturated heterocycles. The van der Waals surface area contributed by atoms with Crippen LogP contribution in [-0.2, 0) is 6.54 Å². The average Bonchev–Trinajstić information content (AvgIpc) is 2.74. The van der Waals surface area contributed by atoms with Gasteiger partial charge in [-0.3, -0.25) is 14.7 Å². The smallest absolute Gasteiger partial charge is 0.321 e. The average molecular weight is 379 g/mol. The number of carbonyl (C=O) groups excluding carboxylic acids is 2. The van der Waals surface area contributed by atoms with Gasteiger partial charge < -0.3 is 15.5 Å². The van der Waals surface area contributed by atoms with Gasteiger partial charge in [-0.25, -0.2) is 4.79 Å². The molecule has 1 aliphatic heterocycles. The highest BCUT2D eigenvalue weighted by Gasteiger charge is 2.21. The Morgan fingerprint density at radius 1 is 1.04 bits per heavy atom. The first kappa shape index (κ1) is 19.6. The van der Waals surface area contributed by atoms with E-state index in [0.29, 0.717) is 30.9 Å². The molecule has 2 N–H and O–H groups in total. The van der Waals surface area contributed by atoms with Crippen molar-refractivity contribution in [3.05, 3.63) is 72.6 Å². The highest BCUT2D eigenvalue weighted by molar-refractivity contribution is 5.95. The third-order valence-electron chi connectivity index (χ3n) is 4.62. The molecule has 3 rings (SSSR count). The first-order valence-electron chi connectivity index (χ1n) is 9.32. The molecule has 0 unspecified atom stereocenters. The van der Waals surface area contributed by atoms with Crippen molar-refractivity contribution in [3.63, 3.8) is 0 Å². The van der Waals surface area contributed by atoms with E-state index < -0.39 is 0 Å². The van der Waals surface area contributed by atoms with Crippen molar-refractivity contribution in [2.75, 3.05) is 38.0 Å². The van der Waals surface area contributed by atoms with Crippen molar-refractivity contribution in [1.82, 2.24) is 20.1 Å². The summed E-state index contributed by atoms with van der Waals surface area (Å²) in [6, 6.07) is 10.8. The number of aromatic nitrogens is 1. The molecule has 7 heteroatoms. The fourth-order valence-electron chi connectivity index (χ4n) is 3.03. The van der Waals surface area contributed by atoms with E-state index in [1.54, 1.807) is 42.7 Å². The van der Waals surface area contributed by atoms with Crippen molar-refractivity contribution in [1.29, 1.82) is 0 Å². The third-order valence-corrected chi connectivity index (χ3v) is 4.62. The number of piperazine rings is 1. The first-order valence-corrected chi connectivity index (χ1v) is 9.32. The van der Waals surface area contributed by atoms with Gasteiger partial charge in [0.25, 0.3) is 5.91 Å². The Morgan fingerprint density at radius 2 is 1.71 bits per heavy atom. The number of urea groups is 1. The molecule has 7 nitrogen and oxygen atoms in total. The standard InChI is InChI=1S/C21H25N5O2/c1-2-9-23-20(27)18-3-5-19(6-4-18)24-21(28)26-14-12-25(13-15-26)16-17-7-10-22-11-8-17/h2-8,10-11H,1,9,12-16H2,(H,23,27)(H,24,28). The van der Waals surface area contributed by atoms with E-state index in [1.165, 1.54) is 5.56 Å². The van der Waals surface area contributed by atoms with Gasteiger partial charge in [0, 0.05) is 62.9 Å². The number of pyridine rings is 1. The molecule has 28 heavy (non-hydrogen) atoms. The van der Waals surface area contributed by atoms with Crippen LogP contribution in [0.1, 0.15) is 15.9 Å². The van der Waals surface area contributed by atoms with E-state index >= 15 is 0 Å². The summed E-state index contributed by atoms with van der Waals surface area (Å²) in [5.41, 5.74) is 2.44. The third kappa shape index (κ3) is 5.40. The zero-order valence-electron chi connectivity index (χ0n) is 15.8. The van der Waals surface area contributed by atoms with Gasteiger partial charge in [-0.15, -0.1) is 6.58 Å². The van der Waals surface area contributed by atoms with Crippen LogP contribution >= 0.6 is 0 Å². The summed E-state index contributed by atoms with van der Waals surface area (Å²) < 4.78 is 0. The molecule has 0 atom stereocenters. The monoisotopic (exact) mass is 379 g/mol. The van der Waals surface area contributed by atoms with E-state index in [4.69, 9.17) is 0 Å². The molecule has 2 aromatic rings. The van der Waals surface area contributed by atoms with Gasteiger partial charge in [0.1, 0.15) is 0 Å². The fourth-order valence-corrected chi connectivity index (χ4v) is 3.03. The van der Waals surface area contributed by atoms with Crippen LogP contribution in [0.3, 0.4) is 0 Å². The van der Waals surface area contributed by atoms with Crippen LogP contribution in [-0.4, -0.2) is 59.4 Å². The number of rotatable bonds is 6. The number of amides is 3. The molecule has 0 spiro atoms. The lowest BCUT2D eigenvalue weighted by molar-refractivity contribution is 0.0958. The van der Waals surface area contributed by atoms with E-state index in [1.807, 2.05) is 17.0 Å². The molecule has 1 aromatic heterocycles. The summed E-state index contributed by atoms with van der Waals surface area (Å²) in [5.74, 6) is -0.164. The molecular formula is C21H25N5O2. The van der Waals surface area contributed by atoms with Crippen LogP contribution in [0.15, 0.2) is 61.4 Å². The molecule has 146 valence electrons. The summed E-state index contributed by atoms with van der Waals surface area (Å²) in [6.07, 6.45) is 5.23. The van der Waals surface area contributed by atoms with Gasteiger partial charge >= 0.3 is 6.03 Å². The molecule has 1 aromatic carbocycles. The lowest BCUT2D eigenvalue weighted by atomic mass is 10.2. The second kappa shape index (κ2) is 9.66. The SMILES string of the molecule is C=CCNC(=O)c1ccc(NC(=O)N2CCN(Cc3ccncc3)CC2)cc1. The predicted molar refractivity (Wildman–Crippen MR) is 109 cm³/mol. The summed E-state index contributed by atoms with van der Waals surface area (Å²) in [4.78, 5) is 32.6. The van der Waals surface area contributed by atoms with Crippen molar-refractivity contribution < 1.29 is 9.59 Å². The molecule has 0 saturated carbocycles. The Hall–Kier alpha value is -3.19. The zero-order valence-corrected chi connectivity index (χ0v) is 15.8. The van der Waals surface area contributed by atoms with Gasteiger partial charge in [-0.2, -0.15) is 0 Å². The highest BCUT2D eigenvalue weighted by atomic mass is 16.2. The van der Waals surface area contributed by atoms with Crippen molar-refractivity contribution in [2.45, 2.75) is 6.54 Å². The highest BCUT2D eigenvalue weighted by Crippen LogP contribution is 2.13. The molecule has 0 bridgehead atoms. The molecule has 0 aliphatic carbocycles. The van der Waals surface area contributed by atoms with Gasteiger partial charge in [-0.05, 0) is 42.0 Å². The Labute approximate surface area is 165 Å². The Kier molecular flexibility index (Phi) is 6.75.